The van der Waals surface area contributed by atoms with Crippen LogP contribution in [0.25, 0.3) is 0 Å². The Morgan fingerprint density at radius 1 is 1.21 bits per heavy atom. The highest BCUT2D eigenvalue weighted by Crippen LogP contribution is 2.39. The second-order valence-electron chi connectivity index (χ2n) is 8.22. The van der Waals surface area contributed by atoms with Gasteiger partial charge < -0.3 is 15.0 Å². The zero-order chi connectivity index (χ0) is 17.6. The smallest absolute Gasteiger partial charge is 0.0629 e. The summed E-state index contributed by atoms with van der Waals surface area (Å²) in [5.74, 6) is 1.34. The van der Waals surface area contributed by atoms with Crippen molar-refractivity contribution in [1.29, 1.82) is 0 Å². The van der Waals surface area contributed by atoms with Crippen LogP contribution in [0.15, 0.2) is 24.3 Å². The predicted molar refractivity (Wildman–Crippen MR) is 103 cm³/mol. The number of benzene rings is 1. The van der Waals surface area contributed by atoms with Crippen LogP contribution in [0.2, 0.25) is 0 Å². The fourth-order valence-electron chi connectivity index (χ4n) is 3.80. The summed E-state index contributed by atoms with van der Waals surface area (Å²) in [6, 6.07) is 9.18. The van der Waals surface area contributed by atoms with Gasteiger partial charge in [-0.05, 0) is 78.1 Å². The number of rotatable bonds is 8. The molecule has 2 rings (SSSR count). The van der Waals surface area contributed by atoms with Crippen LogP contribution in [-0.2, 0) is 4.74 Å². The average Bonchev–Trinajstić information content (AvgIpc) is 2.51. The highest BCUT2D eigenvalue weighted by atomic mass is 16.5. The molecule has 0 aliphatic carbocycles. The van der Waals surface area contributed by atoms with Gasteiger partial charge in [-0.15, -0.1) is 0 Å². The van der Waals surface area contributed by atoms with Crippen molar-refractivity contribution < 1.29 is 4.74 Å². The molecule has 0 bridgehead atoms. The summed E-state index contributed by atoms with van der Waals surface area (Å²) in [6.45, 7) is 10.8. The quantitative estimate of drug-likeness (QED) is 0.732. The SMILES string of the molecule is Cc1ccc([C@H](CCNCCN(C)C)[C@H]2CCOC(C)(C)C2)cc1. The third-order valence-electron chi connectivity index (χ3n) is 5.18. The van der Waals surface area contributed by atoms with Crippen LogP contribution in [0.1, 0.15) is 50.2 Å². The highest BCUT2D eigenvalue weighted by molar-refractivity contribution is 5.25. The molecule has 24 heavy (non-hydrogen) atoms. The maximum atomic E-state index is 5.95. The first kappa shape index (κ1) is 19.4. The van der Waals surface area contributed by atoms with Crippen LogP contribution in [0, 0.1) is 12.8 Å². The topological polar surface area (TPSA) is 24.5 Å². The van der Waals surface area contributed by atoms with E-state index in [9.17, 15) is 0 Å². The van der Waals surface area contributed by atoms with Crippen molar-refractivity contribution in [3.8, 4) is 0 Å². The van der Waals surface area contributed by atoms with Crippen LogP contribution in [0.5, 0.6) is 0 Å². The van der Waals surface area contributed by atoms with Crippen LogP contribution in [0.4, 0.5) is 0 Å². The van der Waals surface area contributed by atoms with Gasteiger partial charge in [-0.25, -0.2) is 0 Å². The van der Waals surface area contributed by atoms with E-state index in [0.29, 0.717) is 11.8 Å². The number of aryl methyl sites for hydroxylation is 1. The lowest BCUT2D eigenvalue weighted by atomic mass is 9.75. The monoisotopic (exact) mass is 332 g/mol. The molecule has 3 heteroatoms. The van der Waals surface area contributed by atoms with Gasteiger partial charge in [-0.2, -0.15) is 0 Å². The van der Waals surface area contributed by atoms with Gasteiger partial charge in [-0.1, -0.05) is 29.8 Å². The molecule has 0 radical (unpaired) electrons. The van der Waals surface area contributed by atoms with Gasteiger partial charge in [0, 0.05) is 19.7 Å². The average molecular weight is 333 g/mol. The van der Waals surface area contributed by atoms with Crippen molar-refractivity contribution in [2.24, 2.45) is 5.92 Å². The zero-order valence-electron chi connectivity index (χ0n) is 16.3. The number of likely N-dealkylation sites (N-methyl/N-ethyl adjacent to an activating group) is 1. The minimum Gasteiger partial charge on any atom is -0.376 e. The normalized spacial score (nSPS) is 21.8. The molecule has 1 aliphatic rings. The fraction of sp³-hybridized carbons (Fsp3) is 0.714. The van der Waals surface area contributed by atoms with Gasteiger partial charge in [-0.3, -0.25) is 0 Å². The molecule has 0 spiro atoms. The van der Waals surface area contributed by atoms with E-state index in [1.54, 1.807) is 0 Å². The molecular formula is C21H36N2O. The van der Waals surface area contributed by atoms with E-state index in [4.69, 9.17) is 4.74 Å². The zero-order valence-corrected chi connectivity index (χ0v) is 16.3. The molecule has 3 nitrogen and oxygen atoms in total. The lowest BCUT2D eigenvalue weighted by Gasteiger charge is -2.39. The third-order valence-corrected chi connectivity index (χ3v) is 5.18. The van der Waals surface area contributed by atoms with Crippen molar-refractivity contribution in [3.05, 3.63) is 35.4 Å². The Kier molecular flexibility index (Phi) is 7.27. The molecule has 1 aromatic carbocycles. The van der Waals surface area contributed by atoms with Crippen molar-refractivity contribution >= 4 is 0 Å². The van der Waals surface area contributed by atoms with Gasteiger partial charge in [0.05, 0.1) is 5.60 Å². The Bertz CT molecular complexity index is 481. The van der Waals surface area contributed by atoms with Crippen LogP contribution < -0.4 is 5.32 Å². The first-order valence-electron chi connectivity index (χ1n) is 9.43. The number of hydrogen-bond donors (Lipinski definition) is 1. The van der Waals surface area contributed by atoms with E-state index in [0.717, 1.165) is 32.7 Å². The summed E-state index contributed by atoms with van der Waals surface area (Å²) >= 11 is 0. The predicted octanol–water partition coefficient (Wildman–Crippen LogP) is 3.83. The van der Waals surface area contributed by atoms with Crippen molar-refractivity contribution in [2.75, 3.05) is 40.3 Å². The number of ether oxygens (including phenoxy) is 1. The Morgan fingerprint density at radius 2 is 1.92 bits per heavy atom. The third kappa shape index (κ3) is 6.19. The largest absolute Gasteiger partial charge is 0.376 e. The maximum absolute atomic E-state index is 5.95. The Hall–Kier alpha value is -0.900. The van der Waals surface area contributed by atoms with Gasteiger partial charge in [0.25, 0.3) is 0 Å². The molecule has 0 saturated carbocycles. The highest BCUT2D eigenvalue weighted by Gasteiger charge is 2.33. The molecule has 1 fully saturated rings. The summed E-state index contributed by atoms with van der Waals surface area (Å²) < 4.78 is 5.95. The second-order valence-corrected chi connectivity index (χ2v) is 8.22. The first-order chi connectivity index (χ1) is 11.4. The Morgan fingerprint density at radius 3 is 2.54 bits per heavy atom. The number of nitrogens with one attached hydrogen (secondary N) is 1. The molecule has 2 atom stereocenters. The van der Waals surface area contributed by atoms with Crippen molar-refractivity contribution in [1.82, 2.24) is 10.2 Å². The van der Waals surface area contributed by atoms with E-state index >= 15 is 0 Å². The van der Waals surface area contributed by atoms with Gasteiger partial charge in [0.2, 0.25) is 0 Å². The summed E-state index contributed by atoms with van der Waals surface area (Å²) in [4.78, 5) is 2.23. The number of nitrogens with zero attached hydrogens (tertiary/aromatic N) is 1. The molecule has 0 unspecified atom stereocenters. The fourth-order valence-corrected chi connectivity index (χ4v) is 3.80. The Labute approximate surface area is 148 Å². The lowest BCUT2D eigenvalue weighted by Crippen LogP contribution is -2.37. The summed E-state index contributed by atoms with van der Waals surface area (Å²) in [7, 11) is 4.25. The van der Waals surface area contributed by atoms with Crippen molar-refractivity contribution in [3.63, 3.8) is 0 Å². The Balaban J connectivity index is 2.00. The molecule has 1 heterocycles. The van der Waals surface area contributed by atoms with E-state index < -0.39 is 0 Å². The summed E-state index contributed by atoms with van der Waals surface area (Å²) in [6.07, 6.45) is 3.54. The maximum Gasteiger partial charge on any atom is 0.0629 e. The molecular weight excluding hydrogens is 296 g/mol. The van der Waals surface area contributed by atoms with E-state index in [1.807, 2.05) is 0 Å². The standard InChI is InChI=1S/C21H36N2O/c1-17-6-8-18(9-7-17)20(10-12-22-13-14-23(4)5)19-11-15-24-21(2,3)16-19/h6-9,19-20,22H,10-16H2,1-5H3/t19-,20-/m0/s1. The van der Waals surface area contributed by atoms with Crippen LogP contribution in [-0.4, -0.2) is 50.8 Å². The minimum atomic E-state index is 0.0181. The van der Waals surface area contributed by atoms with E-state index in [-0.39, 0.29) is 5.60 Å². The minimum absolute atomic E-state index is 0.0181. The lowest BCUT2D eigenvalue weighted by molar-refractivity contribution is -0.0771. The van der Waals surface area contributed by atoms with Crippen LogP contribution >= 0.6 is 0 Å². The molecule has 0 amide bonds. The molecule has 1 aliphatic heterocycles. The molecule has 0 aromatic heterocycles. The summed E-state index contributed by atoms with van der Waals surface area (Å²) in [5, 5.41) is 3.62. The first-order valence-corrected chi connectivity index (χ1v) is 9.43. The molecule has 1 aromatic rings. The molecule has 1 saturated heterocycles. The van der Waals surface area contributed by atoms with Gasteiger partial charge in [0.15, 0.2) is 0 Å². The van der Waals surface area contributed by atoms with E-state index in [1.165, 1.54) is 24.0 Å². The molecule has 1 N–H and O–H groups in total. The second kappa shape index (κ2) is 8.98. The van der Waals surface area contributed by atoms with Crippen LogP contribution in [0.3, 0.4) is 0 Å². The molecule has 136 valence electrons. The summed E-state index contributed by atoms with van der Waals surface area (Å²) in [5.41, 5.74) is 2.86. The van der Waals surface area contributed by atoms with Gasteiger partial charge >= 0.3 is 0 Å². The van der Waals surface area contributed by atoms with Crippen molar-refractivity contribution in [2.45, 2.75) is 51.6 Å². The van der Waals surface area contributed by atoms with Gasteiger partial charge in [0.1, 0.15) is 0 Å². The number of hydrogen-bond acceptors (Lipinski definition) is 3. The van der Waals surface area contributed by atoms with E-state index in [2.05, 4.69) is 69.3 Å².